The van der Waals surface area contributed by atoms with Crippen molar-refractivity contribution in [2.75, 3.05) is 0 Å². The Morgan fingerprint density at radius 3 is 2.75 bits per heavy atom. The Labute approximate surface area is 101 Å². The van der Waals surface area contributed by atoms with Crippen LogP contribution in [0.3, 0.4) is 0 Å². The summed E-state index contributed by atoms with van der Waals surface area (Å²) >= 11 is 1.68. The lowest BCUT2D eigenvalue weighted by Gasteiger charge is -1.98. The molecule has 0 radical (unpaired) electrons. The molecule has 0 fully saturated rings. The van der Waals surface area contributed by atoms with E-state index < -0.39 is 0 Å². The second-order valence-corrected chi connectivity index (χ2v) is 4.49. The minimum atomic E-state index is 1.10. The predicted octanol–water partition coefficient (Wildman–Crippen LogP) is 4.10. The van der Waals surface area contributed by atoms with Crippen LogP contribution in [0.1, 0.15) is 30.0 Å². The van der Waals surface area contributed by atoms with E-state index in [0.29, 0.717) is 0 Å². The first-order valence-electron chi connectivity index (χ1n) is 5.51. The fraction of sp³-hybridized carbons (Fsp3) is 0.200. The molecule has 16 heavy (non-hydrogen) atoms. The van der Waals surface area contributed by atoms with Crippen molar-refractivity contribution in [3.05, 3.63) is 57.8 Å². The zero-order valence-electron chi connectivity index (χ0n) is 9.36. The lowest BCUT2D eigenvalue weighted by Crippen LogP contribution is -1.83. The summed E-state index contributed by atoms with van der Waals surface area (Å²) in [7, 11) is 0. The largest absolute Gasteiger partial charge is 0.151 e. The summed E-state index contributed by atoms with van der Waals surface area (Å²) in [5.74, 6) is 6.37. The molecule has 2 rings (SSSR count). The van der Waals surface area contributed by atoms with Crippen LogP contribution in [0.25, 0.3) is 0 Å². The van der Waals surface area contributed by atoms with Gasteiger partial charge in [0.05, 0.1) is 0 Å². The molecule has 0 unspecified atom stereocenters. The van der Waals surface area contributed by atoms with E-state index in [9.17, 15) is 0 Å². The van der Waals surface area contributed by atoms with Crippen LogP contribution in [-0.4, -0.2) is 0 Å². The topological polar surface area (TPSA) is 0 Å². The van der Waals surface area contributed by atoms with Crippen LogP contribution >= 0.6 is 11.3 Å². The quantitative estimate of drug-likeness (QED) is 0.676. The first-order valence-corrected chi connectivity index (χ1v) is 6.46. The Bertz CT molecular complexity index is 498. The van der Waals surface area contributed by atoms with Crippen molar-refractivity contribution in [3.63, 3.8) is 0 Å². The normalized spacial score (nSPS) is 9.56. The number of hydrogen-bond acceptors (Lipinski definition) is 1. The van der Waals surface area contributed by atoms with E-state index in [0.717, 1.165) is 17.5 Å². The van der Waals surface area contributed by atoms with E-state index >= 15 is 0 Å². The first-order chi connectivity index (χ1) is 7.88. The van der Waals surface area contributed by atoms with Crippen LogP contribution in [0.2, 0.25) is 0 Å². The monoisotopic (exact) mass is 226 g/mol. The van der Waals surface area contributed by atoms with Crippen LogP contribution < -0.4 is 0 Å². The van der Waals surface area contributed by atoms with E-state index in [4.69, 9.17) is 0 Å². The summed E-state index contributed by atoms with van der Waals surface area (Å²) in [6.07, 6.45) is 2.31. The molecule has 0 amide bonds. The molecule has 0 nitrogen and oxygen atoms in total. The average molecular weight is 226 g/mol. The van der Waals surface area contributed by atoms with Gasteiger partial charge in [0.25, 0.3) is 0 Å². The molecule has 0 aliphatic rings. The zero-order valence-corrected chi connectivity index (χ0v) is 10.2. The number of aryl methyl sites for hydroxylation is 1. The van der Waals surface area contributed by atoms with Crippen molar-refractivity contribution in [2.24, 2.45) is 0 Å². The maximum atomic E-state index is 3.20. The van der Waals surface area contributed by atoms with Gasteiger partial charge in [-0.2, -0.15) is 11.3 Å². The van der Waals surface area contributed by atoms with E-state index in [-0.39, 0.29) is 0 Å². The Morgan fingerprint density at radius 1 is 1.12 bits per heavy atom. The molecule has 1 heterocycles. The Kier molecular flexibility index (Phi) is 3.80. The van der Waals surface area contributed by atoms with Gasteiger partial charge in [-0.15, -0.1) is 0 Å². The van der Waals surface area contributed by atoms with Crippen LogP contribution in [0.5, 0.6) is 0 Å². The number of rotatable bonds is 2. The predicted molar refractivity (Wildman–Crippen MR) is 70.7 cm³/mol. The van der Waals surface area contributed by atoms with Crippen molar-refractivity contribution in [3.8, 4) is 11.8 Å². The van der Waals surface area contributed by atoms with Gasteiger partial charge in [0.15, 0.2) is 0 Å². The molecule has 1 aromatic carbocycles. The lowest BCUT2D eigenvalue weighted by molar-refractivity contribution is 0.921. The highest BCUT2D eigenvalue weighted by Gasteiger charge is 1.92. The Hall–Kier alpha value is -1.52. The minimum Gasteiger partial charge on any atom is -0.151 e. The summed E-state index contributed by atoms with van der Waals surface area (Å²) in [5, 5.41) is 4.13. The van der Waals surface area contributed by atoms with Crippen LogP contribution in [-0.2, 0) is 6.42 Å². The van der Waals surface area contributed by atoms with Gasteiger partial charge < -0.3 is 0 Å². The highest BCUT2D eigenvalue weighted by Crippen LogP contribution is 2.08. The second kappa shape index (κ2) is 5.53. The molecular formula is C15H14S. The average Bonchev–Trinajstić information content (AvgIpc) is 2.80. The number of thiophene rings is 1. The molecule has 0 aliphatic heterocycles. The SMILES string of the molecule is CCCc1cccc(C#Cc2ccsc2)c1. The van der Waals surface area contributed by atoms with Gasteiger partial charge in [-0.3, -0.25) is 0 Å². The Balaban J connectivity index is 2.18. The van der Waals surface area contributed by atoms with E-state index in [1.54, 1.807) is 11.3 Å². The van der Waals surface area contributed by atoms with Crippen LogP contribution in [0.4, 0.5) is 0 Å². The van der Waals surface area contributed by atoms with Crippen molar-refractivity contribution in [1.82, 2.24) is 0 Å². The van der Waals surface area contributed by atoms with Crippen molar-refractivity contribution in [2.45, 2.75) is 19.8 Å². The molecular weight excluding hydrogens is 212 g/mol. The van der Waals surface area contributed by atoms with Gasteiger partial charge >= 0.3 is 0 Å². The summed E-state index contributed by atoms with van der Waals surface area (Å²) in [6.45, 7) is 2.20. The molecule has 1 heteroatoms. The molecule has 2 aromatic rings. The summed E-state index contributed by atoms with van der Waals surface area (Å²) < 4.78 is 0. The third-order valence-electron chi connectivity index (χ3n) is 2.34. The molecule has 0 spiro atoms. The van der Waals surface area contributed by atoms with Crippen molar-refractivity contribution < 1.29 is 0 Å². The molecule has 1 aromatic heterocycles. The van der Waals surface area contributed by atoms with Gasteiger partial charge in [-0.05, 0) is 35.6 Å². The highest BCUT2D eigenvalue weighted by molar-refractivity contribution is 7.08. The fourth-order valence-corrected chi connectivity index (χ4v) is 2.16. The molecule has 0 atom stereocenters. The lowest BCUT2D eigenvalue weighted by atomic mass is 10.1. The highest BCUT2D eigenvalue weighted by atomic mass is 32.1. The second-order valence-electron chi connectivity index (χ2n) is 3.71. The first kappa shape index (κ1) is 11.0. The number of benzene rings is 1. The molecule has 0 saturated heterocycles. The molecule has 0 saturated carbocycles. The van der Waals surface area contributed by atoms with E-state index in [2.05, 4.69) is 53.8 Å². The molecule has 0 N–H and O–H groups in total. The maximum Gasteiger partial charge on any atom is 0.0356 e. The summed E-state index contributed by atoms with van der Waals surface area (Å²) in [4.78, 5) is 0. The van der Waals surface area contributed by atoms with Gasteiger partial charge in [0, 0.05) is 16.5 Å². The fourth-order valence-electron chi connectivity index (χ4n) is 1.57. The van der Waals surface area contributed by atoms with Gasteiger partial charge in [-0.25, -0.2) is 0 Å². The summed E-state index contributed by atoms with van der Waals surface area (Å²) in [6, 6.07) is 10.6. The molecule has 0 bridgehead atoms. The number of hydrogen-bond donors (Lipinski definition) is 0. The molecule has 80 valence electrons. The van der Waals surface area contributed by atoms with E-state index in [1.807, 2.05) is 6.07 Å². The third kappa shape index (κ3) is 2.98. The van der Waals surface area contributed by atoms with E-state index in [1.165, 1.54) is 12.0 Å². The van der Waals surface area contributed by atoms with Gasteiger partial charge in [0.2, 0.25) is 0 Å². The maximum absolute atomic E-state index is 3.20. The third-order valence-corrected chi connectivity index (χ3v) is 3.02. The van der Waals surface area contributed by atoms with Crippen LogP contribution in [0.15, 0.2) is 41.1 Å². The van der Waals surface area contributed by atoms with Gasteiger partial charge in [0.1, 0.15) is 0 Å². The zero-order chi connectivity index (χ0) is 11.2. The molecule has 0 aliphatic carbocycles. The Morgan fingerprint density at radius 2 is 2.00 bits per heavy atom. The van der Waals surface area contributed by atoms with Gasteiger partial charge in [-0.1, -0.05) is 37.3 Å². The van der Waals surface area contributed by atoms with Crippen molar-refractivity contribution >= 4 is 11.3 Å². The van der Waals surface area contributed by atoms with Crippen molar-refractivity contribution in [1.29, 1.82) is 0 Å². The smallest absolute Gasteiger partial charge is 0.0356 e. The summed E-state index contributed by atoms with van der Waals surface area (Å²) in [5.41, 5.74) is 3.59. The minimum absolute atomic E-state index is 1.10. The standard InChI is InChI=1S/C15H14S/c1-2-4-13-5-3-6-14(11-13)7-8-15-9-10-16-12-15/h3,5-6,9-12H,2,4H2,1H3. The van der Waals surface area contributed by atoms with Crippen LogP contribution in [0, 0.1) is 11.8 Å².